The molecule has 24 heavy (non-hydrogen) atoms. The van der Waals surface area contributed by atoms with Crippen molar-refractivity contribution < 1.29 is 14.3 Å². The van der Waals surface area contributed by atoms with E-state index in [2.05, 4.69) is 39.0 Å². The lowest BCUT2D eigenvalue weighted by Crippen LogP contribution is -2.44. The molecule has 1 saturated heterocycles. The van der Waals surface area contributed by atoms with Crippen LogP contribution in [-0.4, -0.2) is 31.2 Å². The van der Waals surface area contributed by atoms with Gasteiger partial charge in [-0.3, -0.25) is 10.2 Å². The van der Waals surface area contributed by atoms with Gasteiger partial charge in [0, 0.05) is 10.5 Å². The minimum absolute atomic E-state index is 0.00962. The lowest BCUT2D eigenvalue weighted by atomic mass is 10.0. The van der Waals surface area contributed by atoms with E-state index >= 15 is 0 Å². The van der Waals surface area contributed by atoms with Crippen molar-refractivity contribution in [1.29, 1.82) is 0 Å². The standard InChI is InChI=1S/C17H24BrN3O3/c1-3-4-11-7-14(21-20-11)17(22)19-10(2)12-8-15-16(9-13(12)18)24-6-5-23-15/h8-11,14,20-21H,3-7H2,1-2H3,(H,19,22). The number of carbonyl (C=O) groups is 1. The number of carbonyl (C=O) groups excluding carboxylic acids is 1. The Morgan fingerprint density at radius 2 is 2.04 bits per heavy atom. The Morgan fingerprint density at radius 1 is 1.33 bits per heavy atom. The number of nitrogens with one attached hydrogen (secondary N) is 3. The third kappa shape index (κ3) is 3.84. The van der Waals surface area contributed by atoms with Crippen LogP contribution in [0.3, 0.4) is 0 Å². The summed E-state index contributed by atoms with van der Waals surface area (Å²) >= 11 is 3.56. The number of amides is 1. The summed E-state index contributed by atoms with van der Waals surface area (Å²) in [5, 5.41) is 3.08. The number of hydrogen-bond acceptors (Lipinski definition) is 5. The molecular weight excluding hydrogens is 374 g/mol. The molecule has 0 aromatic heterocycles. The summed E-state index contributed by atoms with van der Waals surface area (Å²) < 4.78 is 12.1. The van der Waals surface area contributed by atoms with Crippen LogP contribution in [0.4, 0.5) is 0 Å². The number of fused-ring (bicyclic) bond motifs is 1. The molecule has 1 amide bonds. The largest absolute Gasteiger partial charge is 0.486 e. The maximum atomic E-state index is 12.5. The van der Waals surface area contributed by atoms with Crippen molar-refractivity contribution >= 4 is 21.8 Å². The van der Waals surface area contributed by atoms with E-state index in [1.807, 2.05) is 19.1 Å². The smallest absolute Gasteiger partial charge is 0.239 e. The topological polar surface area (TPSA) is 71.6 Å². The summed E-state index contributed by atoms with van der Waals surface area (Å²) in [7, 11) is 0. The number of ether oxygens (including phenoxy) is 2. The highest BCUT2D eigenvalue weighted by Gasteiger charge is 2.30. The Bertz CT molecular complexity index is 611. The third-order valence-electron chi connectivity index (χ3n) is 4.42. The van der Waals surface area contributed by atoms with E-state index in [9.17, 15) is 4.79 Å². The van der Waals surface area contributed by atoms with Gasteiger partial charge in [0.1, 0.15) is 19.3 Å². The molecule has 7 heteroatoms. The van der Waals surface area contributed by atoms with Crippen molar-refractivity contribution in [3.05, 3.63) is 22.2 Å². The fraction of sp³-hybridized carbons (Fsp3) is 0.588. The van der Waals surface area contributed by atoms with Crippen LogP contribution in [-0.2, 0) is 4.79 Å². The first-order valence-corrected chi connectivity index (χ1v) is 9.28. The zero-order chi connectivity index (χ0) is 17.1. The number of hydrazine groups is 1. The number of benzene rings is 1. The number of halogens is 1. The molecule has 0 spiro atoms. The molecule has 0 radical (unpaired) electrons. The molecule has 2 aliphatic heterocycles. The Kier molecular flexibility index (Phi) is 5.63. The van der Waals surface area contributed by atoms with Crippen LogP contribution in [0.25, 0.3) is 0 Å². The van der Waals surface area contributed by atoms with Crippen LogP contribution in [0.2, 0.25) is 0 Å². The second-order valence-corrected chi connectivity index (χ2v) is 7.16. The van der Waals surface area contributed by atoms with Crippen molar-refractivity contribution in [3.8, 4) is 11.5 Å². The van der Waals surface area contributed by atoms with Gasteiger partial charge in [-0.2, -0.15) is 0 Å². The summed E-state index contributed by atoms with van der Waals surface area (Å²) in [6.07, 6.45) is 2.99. The van der Waals surface area contributed by atoms with Gasteiger partial charge in [0.25, 0.3) is 0 Å². The maximum absolute atomic E-state index is 12.5. The number of hydrogen-bond donors (Lipinski definition) is 3. The normalized spacial score (nSPS) is 23.8. The molecule has 1 aromatic carbocycles. The van der Waals surface area contributed by atoms with E-state index in [1.54, 1.807) is 0 Å². The van der Waals surface area contributed by atoms with E-state index in [0.29, 0.717) is 19.3 Å². The molecule has 3 N–H and O–H groups in total. The van der Waals surface area contributed by atoms with Crippen molar-refractivity contribution in [3.63, 3.8) is 0 Å². The monoisotopic (exact) mass is 397 g/mol. The van der Waals surface area contributed by atoms with Crippen LogP contribution in [0.5, 0.6) is 11.5 Å². The van der Waals surface area contributed by atoms with Crippen LogP contribution in [0, 0.1) is 0 Å². The van der Waals surface area contributed by atoms with Crippen LogP contribution >= 0.6 is 15.9 Å². The molecule has 3 unspecified atom stereocenters. The highest BCUT2D eigenvalue weighted by atomic mass is 79.9. The van der Waals surface area contributed by atoms with Gasteiger partial charge in [0.2, 0.25) is 5.91 Å². The van der Waals surface area contributed by atoms with Gasteiger partial charge in [0.15, 0.2) is 11.5 Å². The molecule has 1 aromatic rings. The molecular formula is C17H24BrN3O3. The zero-order valence-electron chi connectivity index (χ0n) is 14.0. The molecule has 0 saturated carbocycles. The van der Waals surface area contributed by atoms with E-state index in [0.717, 1.165) is 40.8 Å². The summed E-state index contributed by atoms with van der Waals surface area (Å²) in [5.41, 5.74) is 7.27. The van der Waals surface area contributed by atoms with E-state index in [1.165, 1.54) is 0 Å². The quantitative estimate of drug-likeness (QED) is 0.711. The molecule has 2 aliphatic rings. The third-order valence-corrected chi connectivity index (χ3v) is 5.11. The SMILES string of the molecule is CCCC1CC(C(=O)NC(C)c2cc3c(cc2Br)OCCO3)NN1. The fourth-order valence-corrected chi connectivity index (χ4v) is 3.80. The molecule has 0 aliphatic carbocycles. The van der Waals surface area contributed by atoms with Gasteiger partial charge >= 0.3 is 0 Å². The Morgan fingerprint density at radius 3 is 2.75 bits per heavy atom. The van der Waals surface area contributed by atoms with Crippen molar-refractivity contribution in [2.24, 2.45) is 0 Å². The summed E-state index contributed by atoms with van der Waals surface area (Å²) in [4.78, 5) is 12.5. The van der Waals surface area contributed by atoms with Gasteiger partial charge in [-0.1, -0.05) is 29.3 Å². The first-order chi connectivity index (χ1) is 11.6. The highest BCUT2D eigenvalue weighted by molar-refractivity contribution is 9.10. The first-order valence-electron chi connectivity index (χ1n) is 8.49. The van der Waals surface area contributed by atoms with Crippen molar-refractivity contribution in [1.82, 2.24) is 16.2 Å². The van der Waals surface area contributed by atoms with Crippen LogP contribution in [0.1, 0.15) is 44.7 Å². The molecule has 132 valence electrons. The molecule has 0 bridgehead atoms. The van der Waals surface area contributed by atoms with Gasteiger partial charge < -0.3 is 14.8 Å². The first kappa shape index (κ1) is 17.5. The fourth-order valence-electron chi connectivity index (χ4n) is 3.14. The average Bonchev–Trinajstić information content (AvgIpc) is 3.03. The van der Waals surface area contributed by atoms with E-state index < -0.39 is 0 Å². The molecule has 6 nitrogen and oxygen atoms in total. The lowest BCUT2D eigenvalue weighted by Gasteiger charge is -2.23. The van der Waals surface area contributed by atoms with E-state index in [4.69, 9.17) is 9.47 Å². The van der Waals surface area contributed by atoms with Gasteiger partial charge in [-0.05, 0) is 37.5 Å². The Hall–Kier alpha value is -1.31. The molecule has 3 rings (SSSR count). The van der Waals surface area contributed by atoms with Gasteiger partial charge in [-0.25, -0.2) is 5.43 Å². The van der Waals surface area contributed by atoms with Gasteiger partial charge in [0.05, 0.1) is 6.04 Å². The Balaban J connectivity index is 1.64. The molecule has 2 heterocycles. The van der Waals surface area contributed by atoms with E-state index in [-0.39, 0.29) is 18.0 Å². The predicted molar refractivity (Wildman–Crippen MR) is 95.1 cm³/mol. The molecule has 3 atom stereocenters. The zero-order valence-corrected chi connectivity index (χ0v) is 15.6. The second kappa shape index (κ2) is 7.72. The Labute approximate surface area is 150 Å². The summed E-state index contributed by atoms with van der Waals surface area (Å²) in [6.45, 7) is 5.23. The van der Waals surface area contributed by atoms with Crippen molar-refractivity contribution in [2.45, 2.75) is 51.2 Å². The average molecular weight is 398 g/mol. The summed E-state index contributed by atoms with van der Waals surface area (Å²) in [6, 6.07) is 3.87. The highest BCUT2D eigenvalue weighted by Crippen LogP contribution is 2.37. The lowest BCUT2D eigenvalue weighted by molar-refractivity contribution is -0.123. The second-order valence-electron chi connectivity index (χ2n) is 6.31. The summed E-state index contributed by atoms with van der Waals surface area (Å²) in [5.74, 6) is 1.47. The van der Waals surface area contributed by atoms with Crippen LogP contribution < -0.4 is 25.6 Å². The van der Waals surface area contributed by atoms with Crippen LogP contribution in [0.15, 0.2) is 16.6 Å². The minimum atomic E-state index is -0.194. The number of rotatable bonds is 5. The van der Waals surface area contributed by atoms with Gasteiger partial charge in [-0.15, -0.1) is 0 Å². The van der Waals surface area contributed by atoms with Crippen molar-refractivity contribution in [2.75, 3.05) is 13.2 Å². The molecule has 1 fully saturated rings. The minimum Gasteiger partial charge on any atom is -0.486 e. The predicted octanol–water partition coefficient (Wildman–Crippen LogP) is 2.43. The maximum Gasteiger partial charge on any atom is 0.239 e.